The molecule has 0 heterocycles. The molecule has 0 radical (unpaired) electrons. The van der Waals surface area contributed by atoms with Gasteiger partial charge in [-0.05, 0) is 67.3 Å². The smallest absolute Gasteiger partial charge is 0.305 e. The first-order chi connectivity index (χ1) is 17.4. The number of aliphatic hydroxyl groups excluding tert-OH is 1. The Morgan fingerprint density at radius 3 is 2.43 bits per heavy atom. The van der Waals surface area contributed by atoms with Gasteiger partial charge in [0.1, 0.15) is 0 Å². The van der Waals surface area contributed by atoms with E-state index in [1.54, 1.807) is 0 Å². The monoisotopic (exact) mass is 550 g/mol. The molecule has 2 unspecified atom stereocenters. The Balaban J connectivity index is 2.20. The third-order valence-corrected chi connectivity index (χ3v) is 13.4. The molecule has 1 aliphatic carbocycles. The van der Waals surface area contributed by atoms with Crippen LogP contribution in [-0.4, -0.2) is 38.0 Å². The number of esters is 1. The van der Waals surface area contributed by atoms with Crippen molar-refractivity contribution in [3.05, 3.63) is 47.5 Å². The minimum Gasteiger partial charge on any atom is -0.469 e. The lowest BCUT2D eigenvalue weighted by atomic mass is 9.84. The van der Waals surface area contributed by atoms with Crippen LogP contribution in [0.1, 0.15) is 109 Å². The Bertz CT molecular complexity index is 846. The highest BCUT2D eigenvalue weighted by atomic mass is 35.5. The largest absolute Gasteiger partial charge is 0.469 e. The van der Waals surface area contributed by atoms with E-state index in [1.165, 1.54) is 12.7 Å². The maximum atomic E-state index is 11.4. The van der Waals surface area contributed by atoms with Crippen LogP contribution in [0.3, 0.4) is 0 Å². The number of benzene rings is 1. The lowest BCUT2D eigenvalue weighted by Crippen LogP contribution is -2.44. The molecule has 0 amide bonds. The minimum absolute atomic E-state index is 0.0406. The molecule has 1 aliphatic rings. The molecule has 4 nitrogen and oxygen atoms in total. The van der Waals surface area contributed by atoms with Crippen molar-refractivity contribution in [3.8, 4) is 0 Å². The second kappa shape index (κ2) is 14.9. The highest BCUT2D eigenvalue weighted by molar-refractivity contribution is 6.74. The fourth-order valence-corrected chi connectivity index (χ4v) is 6.80. The molecule has 0 saturated heterocycles. The van der Waals surface area contributed by atoms with Crippen molar-refractivity contribution < 1.29 is 19.1 Å². The van der Waals surface area contributed by atoms with Gasteiger partial charge in [-0.25, -0.2) is 0 Å². The lowest BCUT2D eigenvalue weighted by Gasteiger charge is -2.40. The minimum atomic E-state index is -1.98. The number of ether oxygens (including phenoxy) is 1. The number of halogens is 1. The molecular formula is C31H51ClO4Si. The van der Waals surface area contributed by atoms with Crippen molar-refractivity contribution >= 4 is 25.9 Å². The van der Waals surface area contributed by atoms with Crippen molar-refractivity contribution in [1.29, 1.82) is 0 Å². The van der Waals surface area contributed by atoms with Gasteiger partial charge in [-0.1, -0.05) is 83.4 Å². The number of alkyl halides is 1. The molecule has 1 saturated carbocycles. The molecule has 1 aromatic rings. The number of methoxy groups -OCH3 is 1. The summed E-state index contributed by atoms with van der Waals surface area (Å²) in [6, 6.07) is 8.56. The van der Waals surface area contributed by atoms with Gasteiger partial charge in [0.05, 0.1) is 19.3 Å². The van der Waals surface area contributed by atoms with Crippen molar-refractivity contribution in [1.82, 2.24) is 0 Å². The predicted molar refractivity (Wildman–Crippen MR) is 158 cm³/mol. The van der Waals surface area contributed by atoms with Gasteiger partial charge in [0, 0.05) is 17.7 Å². The third-order valence-electron chi connectivity index (χ3n) is 8.38. The van der Waals surface area contributed by atoms with Crippen LogP contribution in [0.2, 0.25) is 18.1 Å². The van der Waals surface area contributed by atoms with E-state index >= 15 is 0 Å². The summed E-state index contributed by atoms with van der Waals surface area (Å²) in [4.78, 5) is 11.4. The summed E-state index contributed by atoms with van der Waals surface area (Å²) in [5, 5.41) is 10.8. The average molecular weight is 551 g/mol. The van der Waals surface area contributed by atoms with Gasteiger partial charge >= 0.3 is 5.97 Å². The number of hydrogen-bond donors (Lipinski definition) is 1. The van der Waals surface area contributed by atoms with E-state index in [4.69, 9.17) is 20.8 Å². The number of unbranched alkanes of at least 4 members (excludes halogenated alkanes) is 3. The van der Waals surface area contributed by atoms with E-state index in [2.05, 4.69) is 77.2 Å². The number of allylic oxidation sites excluding steroid dienone is 2. The fraction of sp³-hybridized carbons (Fsp3) is 0.710. The zero-order valence-electron chi connectivity index (χ0n) is 24.3. The SMILES string of the molecule is CCCCCC(O)c1ccc([C@@H]2C(C/C=C\CCCC(=O)OC)[C@H](Cl)C[C@H]2O[Si](C)(C)C(C)(C)C)cc1. The van der Waals surface area contributed by atoms with Crippen LogP contribution in [0.5, 0.6) is 0 Å². The van der Waals surface area contributed by atoms with Gasteiger partial charge < -0.3 is 14.3 Å². The molecule has 1 fully saturated rings. The van der Waals surface area contributed by atoms with Crippen LogP contribution >= 0.6 is 11.6 Å². The quantitative estimate of drug-likeness (QED) is 0.0827. The first-order valence-electron chi connectivity index (χ1n) is 14.2. The third kappa shape index (κ3) is 9.52. The van der Waals surface area contributed by atoms with Crippen LogP contribution in [0.25, 0.3) is 0 Å². The second-order valence-corrected chi connectivity index (χ2v) is 17.5. The summed E-state index contributed by atoms with van der Waals surface area (Å²) in [5.74, 6) is 0.325. The highest BCUT2D eigenvalue weighted by Crippen LogP contribution is 2.49. The Morgan fingerprint density at radius 2 is 1.84 bits per heavy atom. The maximum absolute atomic E-state index is 11.4. The normalized spacial score (nSPS) is 23.5. The van der Waals surface area contributed by atoms with Crippen LogP contribution in [0.15, 0.2) is 36.4 Å². The molecular weight excluding hydrogens is 500 g/mol. The predicted octanol–water partition coefficient (Wildman–Crippen LogP) is 8.69. The van der Waals surface area contributed by atoms with Gasteiger partial charge in [-0.2, -0.15) is 0 Å². The van der Waals surface area contributed by atoms with E-state index in [0.29, 0.717) is 6.42 Å². The summed E-state index contributed by atoms with van der Waals surface area (Å²) in [6.45, 7) is 13.7. The van der Waals surface area contributed by atoms with Crippen LogP contribution < -0.4 is 0 Å². The number of carbonyl (C=O) groups is 1. The zero-order valence-corrected chi connectivity index (χ0v) is 26.0. The first-order valence-corrected chi connectivity index (χ1v) is 17.6. The molecule has 1 N–H and O–H groups in total. The molecule has 5 atom stereocenters. The van der Waals surface area contributed by atoms with Gasteiger partial charge in [-0.3, -0.25) is 4.79 Å². The van der Waals surface area contributed by atoms with E-state index < -0.39 is 14.4 Å². The summed E-state index contributed by atoms with van der Waals surface area (Å²) in [5.41, 5.74) is 2.24. The van der Waals surface area contributed by atoms with Gasteiger partial charge in [0.15, 0.2) is 8.32 Å². The molecule has 0 aromatic heterocycles. The van der Waals surface area contributed by atoms with Crippen LogP contribution in [0.4, 0.5) is 0 Å². The number of carbonyl (C=O) groups excluding carboxylic acids is 1. The second-order valence-electron chi connectivity index (χ2n) is 12.2. The molecule has 210 valence electrons. The van der Waals surface area contributed by atoms with Gasteiger partial charge in [0.25, 0.3) is 0 Å². The summed E-state index contributed by atoms with van der Waals surface area (Å²) in [7, 11) is -0.543. The molecule has 1 aromatic carbocycles. The van der Waals surface area contributed by atoms with Crippen LogP contribution in [-0.2, 0) is 14.0 Å². The number of aliphatic hydroxyl groups is 1. The molecule has 0 aliphatic heterocycles. The van der Waals surface area contributed by atoms with E-state index in [0.717, 1.165) is 56.9 Å². The molecule has 6 heteroatoms. The summed E-state index contributed by atoms with van der Waals surface area (Å²) < 4.78 is 11.7. The van der Waals surface area contributed by atoms with Crippen molar-refractivity contribution in [3.63, 3.8) is 0 Å². The number of hydrogen-bond acceptors (Lipinski definition) is 4. The Kier molecular flexibility index (Phi) is 12.9. The van der Waals surface area contributed by atoms with Crippen molar-refractivity contribution in [2.45, 2.75) is 127 Å². The van der Waals surface area contributed by atoms with Gasteiger partial charge in [-0.15, -0.1) is 11.6 Å². The lowest BCUT2D eigenvalue weighted by molar-refractivity contribution is -0.140. The average Bonchev–Trinajstić information content (AvgIpc) is 3.14. The summed E-state index contributed by atoms with van der Waals surface area (Å²) in [6.07, 6.45) is 12.1. The van der Waals surface area contributed by atoms with Gasteiger partial charge in [0.2, 0.25) is 0 Å². The number of rotatable bonds is 14. The molecule has 2 rings (SSSR count). The zero-order chi connectivity index (χ0) is 27.6. The highest BCUT2D eigenvalue weighted by Gasteiger charge is 2.48. The summed E-state index contributed by atoms with van der Waals surface area (Å²) >= 11 is 7.01. The van der Waals surface area contributed by atoms with E-state index in [9.17, 15) is 9.90 Å². The Labute approximate surface area is 232 Å². The van der Waals surface area contributed by atoms with Crippen molar-refractivity contribution in [2.75, 3.05) is 7.11 Å². The fourth-order valence-electron chi connectivity index (χ4n) is 5.01. The van der Waals surface area contributed by atoms with E-state index in [-0.39, 0.29) is 34.3 Å². The molecule has 37 heavy (non-hydrogen) atoms. The van der Waals surface area contributed by atoms with E-state index in [1.807, 2.05) is 0 Å². The van der Waals surface area contributed by atoms with Crippen LogP contribution in [0, 0.1) is 5.92 Å². The Hall–Kier alpha value is -1.14. The molecule has 0 bridgehead atoms. The Morgan fingerprint density at radius 1 is 1.16 bits per heavy atom. The first kappa shape index (κ1) is 32.1. The molecule has 0 spiro atoms. The standard InChI is InChI=1S/C31H51ClO4Si/c1-8-9-12-16-27(33)23-18-20-24(21-19-23)30-25(15-13-10-11-14-17-29(34)35-5)26(32)22-28(30)36-37(6,7)31(2,3)4/h10,13,18-21,25-28,30,33H,8-9,11-12,14-17,22H2,1-7H3/b13-10-/t25?,26-,27?,28-,30-/m1/s1. The van der Waals surface area contributed by atoms with Crippen molar-refractivity contribution in [2.24, 2.45) is 5.92 Å². The maximum Gasteiger partial charge on any atom is 0.305 e. The topological polar surface area (TPSA) is 55.8 Å².